The van der Waals surface area contributed by atoms with E-state index in [1.54, 1.807) is 0 Å². The summed E-state index contributed by atoms with van der Waals surface area (Å²) < 4.78 is 6.62. The average Bonchev–Trinajstić information content (AvgIpc) is 3.55. The van der Waals surface area contributed by atoms with E-state index >= 15 is 0 Å². The van der Waals surface area contributed by atoms with Gasteiger partial charge in [0, 0.05) is 33.0 Å². The molecule has 0 radical (unpaired) electrons. The number of hydrogen-bond acceptors (Lipinski definition) is 4. The molecule has 0 spiro atoms. The molecule has 47 heavy (non-hydrogen) atoms. The van der Waals surface area contributed by atoms with Crippen LogP contribution in [0.1, 0.15) is 0 Å². The first kappa shape index (κ1) is 27.0. The predicted molar refractivity (Wildman–Crippen MR) is 192 cm³/mol. The number of rotatable bonds is 5. The van der Waals surface area contributed by atoms with Crippen molar-refractivity contribution in [2.75, 3.05) is 0 Å². The molecule has 0 aliphatic heterocycles. The molecule has 2 heterocycles. The highest BCUT2D eigenvalue weighted by Gasteiger charge is 2.20. The number of hydrogen-bond donors (Lipinski definition) is 0. The Kier molecular flexibility index (Phi) is 6.43. The molecule has 4 heteroatoms. The van der Waals surface area contributed by atoms with E-state index in [0.717, 1.165) is 49.8 Å². The van der Waals surface area contributed by atoms with Gasteiger partial charge in [-0.05, 0) is 51.7 Å². The molecular weight excluding hydrogens is 574 g/mol. The monoisotopic (exact) mass is 601 g/mol. The lowest BCUT2D eigenvalue weighted by Crippen LogP contribution is -2.00. The van der Waals surface area contributed by atoms with Gasteiger partial charge >= 0.3 is 0 Å². The van der Waals surface area contributed by atoms with Gasteiger partial charge in [-0.15, -0.1) is 0 Å². The fourth-order valence-corrected chi connectivity index (χ4v) is 6.38. The number of benzene rings is 7. The van der Waals surface area contributed by atoms with Crippen LogP contribution in [0.5, 0.6) is 0 Å². The Labute approximate surface area is 271 Å². The van der Waals surface area contributed by atoms with Gasteiger partial charge in [0.05, 0.1) is 0 Å². The maximum absolute atomic E-state index is 6.62. The Bertz CT molecular complexity index is 2500. The highest BCUT2D eigenvalue weighted by Crippen LogP contribution is 2.42. The summed E-state index contributed by atoms with van der Waals surface area (Å²) >= 11 is 0. The Balaban J connectivity index is 1.21. The standard InChI is InChI=1S/C43H27N3O/c1-3-12-31(13-4-1)41-44-42(32-14-5-2-6-15-32)46-43(45-41)37-26-25-35(40-39(37)36-17-9-10-18-38(36)47-40)30-22-19-29(20-23-30)34-24-21-28-11-7-8-16-33(28)27-34/h1-27H. The summed E-state index contributed by atoms with van der Waals surface area (Å²) in [4.78, 5) is 15.0. The molecule has 0 atom stereocenters. The van der Waals surface area contributed by atoms with Crippen LogP contribution < -0.4 is 0 Å². The van der Waals surface area contributed by atoms with Crippen LogP contribution in [0.4, 0.5) is 0 Å². The second-order valence-electron chi connectivity index (χ2n) is 11.6. The van der Waals surface area contributed by atoms with Crippen LogP contribution in [0.15, 0.2) is 168 Å². The molecule has 0 aliphatic carbocycles. The first-order chi connectivity index (χ1) is 23.3. The molecule has 9 rings (SSSR count). The molecule has 220 valence electrons. The summed E-state index contributed by atoms with van der Waals surface area (Å²) in [6.45, 7) is 0. The van der Waals surface area contributed by atoms with Gasteiger partial charge in [-0.3, -0.25) is 0 Å². The second-order valence-corrected chi connectivity index (χ2v) is 11.6. The number of nitrogens with zero attached hydrogens (tertiary/aromatic N) is 3. The van der Waals surface area contributed by atoms with Crippen LogP contribution in [0, 0.1) is 0 Å². The van der Waals surface area contributed by atoms with Crippen molar-refractivity contribution < 1.29 is 4.42 Å². The SMILES string of the molecule is c1ccc(-c2nc(-c3ccccc3)nc(-c3ccc(-c4ccc(-c5ccc6ccccc6c5)cc4)c4oc5ccccc5c34)n2)cc1. The average molecular weight is 602 g/mol. The van der Waals surface area contributed by atoms with E-state index in [1.165, 1.54) is 21.9 Å². The van der Waals surface area contributed by atoms with Crippen molar-refractivity contribution in [2.45, 2.75) is 0 Å². The summed E-state index contributed by atoms with van der Waals surface area (Å²) in [6, 6.07) is 56.4. The minimum absolute atomic E-state index is 0.604. The predicted octanol–water partition coefficient (Wildman–Crippen LogP) is 11.3. The Morgan fingerprint density at radius 3 is 1.64 bits per heavy atom. The van der Waals surface area contributed by atoms with Crippen LogP contribution in [-0.4, -0.2) is 15.0 Å². The molecule has 0 saturated carbocycles. The molecule has 0 N–H and O–H groups in total. The van der Waals surface area contributed by atoms with E-state index < -0.39 is 0 Å². The van der Waals surface area contributed by atoms with E-state index in [4.69, 9.17) is 19.4 Å². The van der Waals surface area contributed by atoms with Gasteiger partial charge in [0.25, 0.3) is 0 Å². The van der Waals surface area contributed by atoms with Gasteiger partial charge in [-0.25, -0.2) is 15.0 Å². The third-order valence-corrected chi connectivity index (χ3v) is 8.75. The maximum Gasteiger partial charge on any atom is 0.164 e. The molecule has 4 nitrogen and oxygen atoms in total. The molecule has 9 aromatic rings. The van der Waals surface area contributed by atoms with Crippen LogP contribution in [0.25, 0.3) is 89.1 Å². The number of para-hydroxylation sites is 1. The zero-order valence-electron chi connectivity index (χ0n) is 25.3. The minimum atomic E-state index is 0.604. The van der Waals surface area contributed by atoms with E-state index in [2.05, 4.69) is 84.9 Å². The van der Waals surface area contributed by atoms with Gasteiger partial charge in [-0.1, -0.05) is 140 Å². The van der Waals surface area contributed by atoms with Crippen LogP contribution in [-0.2, 0) is 0 Å². The van der Waals surface area contributed by atoms with E-state index in [1.807, 2.05) is 78.9 Å². The van der Waals surface area contributed by atoms with Crippen molar-refractivity contribution in [3.8, 4) is 56.4 Å². The van der Waals surface area contributed by atoms with Crippen molar-refractivity contribution in [2.24, 2.45) is 0 Å². The Morgan fingerprint density at radius 1 is 0.362 bits per heavy atom. The van der Waals surface area contributed by atoms with Gasteiger partial charge in [0.2, 0.25) is 0 Å². The molecule has 0 aliphatic rings. The van der Waals surface area contributed by atoms with Crippen molar-refractivity contribution in [3.05, 3.63) is 164 Å². The maximum atomic E-state index is 6.62. The van der Waals surface area contributed by atoms with Crippen molar-refractivity contribution in [3.63, 3.8) is 0 Å². The van der Waals surface area contributed by atoms with E-state index in [9.17, 15) is 0 Å². The molecule has 0 bridgehead atoms. The second kappa shape index (κ2) is 11.2. The number of aromatic nitrogens is 3. The lowest BCUT2D eigenvalue weighted by Gasteiger charge is -2.11. The normalized spacial score (nSPS) is 11.4. The molecular formula is C43H27N3O. The highest BCUT2D eigenvalue weighted by atomic mass is 16.3. The lowest BCUT2D eigenvalue weighted by molar-refractivity contribution is 0.670. The molecule has 7 aromatic carbocycles. The lowest BCUT2D eigenvalue weighted by atomic mass is 9.95. The summed E-state index contributed by atoms with van der Waals surface area (Å²) in [5, 5.41) is 4.49. The van der Waals surface area contributed by atoms with Gasteiger partial charge in [0.1, 0.15) is 11.2 Å². The van der Waals surface area contributed by atoms with Crippen LogP contribution in [0.3, 0.4) is 0 Å². The first-order valence-electron chi connectivity index (χ1n) is 15.7. The molecule has 0 saturated heterocycles. The Hall–Kier alpha value is -6.39. The van der Waals surface area contributed by atoms with Crippen molar-refractivity contribution in [1.82, 2.24) is 15.0 Å². The largest absolute Gasteiger partial charge is 0.455 e. The fourth-order valence-electron chi connectivity index (χ4n) is 6.38. The van der Waals surface area contributed by atoms with E-state index in [0.29, 0.717) is 17.5 Å². The van der Waals surface area contributed by atoms with Gasteiger partial charge < -0.3 is 4.42 Å². The van der Waals surface area contributed by atoms with Crippen molar-refractivity contribution >= 4 is 32.7 Å². The summed E-state index contributed by atoms with van der Waals surface area (Å²) in [5.74, 6) is 1.86. The topological polar surface area (TPSA) is 51.8 Å². The van der Waals surface area contributed by atoms with E-state index in [-0.39, 0.29) is 0 Å². The molecule has 0 unspecified atom stereocenters. The molecule has 0 fully saturated rings. The van der Waals surface area contributed by atoms with Gasteiger partial charge in [-0.2, -0.15) is 0 Å². The number of fused-ring (bicyclic) bond motifs is 4. The summed E-state index contributed by atoms with van der Waals surface area (Å²) in [6.07, 6.45) is 0. The third kappa shape index (κ3) is 4.84. The van der Waals surface area contributed by atoms with Crippen LogP contribution in [0.2, 0.25) is 0 Å². The zero-order chi connectivity index (χ0) is 31.2. The fraction of sp³-hybridized carbons (Fsp3) is 0. The first-order valence-corrected chi connectivity index (χ1v) is 15.7. The molecule has 0 amide bonds. The summed E-state index contributed by atoms with van der Waals surface area (Å²) in [7, 11) is 0. The number of furan rings is 1. The molecule has 2 aromatic heterocycles. The zero-order valence-corrected chi connectivity index (χ0v) is 25.3. The van der Waals surface area contributed by atoms with Gasteiger partial charge in [0.15, 0.2) is 17.5 Å². The Morgan fingerprint density at radius 2 is 0.915 bits per heavy atom. The van der Waals surface area contributed by atoms with Crippen molar-refractivity contribution in [1.29, 1.82) is 0 Å². The van der Waals surface area contributed by atoms with Crippen LogP contribution >= 0.6 is 0 Å². The smallest absolute Gasteiger partial charge is 0.164 e. The summed E-state index contributed by atoms with van der Waals surface area (Å²) in [5.41, 5.74) is 8.87. The highest BCUT2D eigenvalue weighted by molar-refractivity contribution is 6.15. The minimum Gasteiger partial charge on any atom is -0.455 e. The third-order valence-electron chi connectivity index (χ3n) is 8.75. The quantitative estimate of drug-likeness (QED) is 0.197.